The number of aliphatic hydroxyl groups excluding tert-OH is 1. The third-order valence-electron chi connectivity index (χ3n) is 8.76. The molecule has 4 aliphatic heterocycles. The van der Waals surface area contributed by atoms with Gasteiger partial charge in [0.15, 0.2) is 5.82 Å². The summed E-state index contributed by atoms with van der Waals surface area (Å²) in [6.45, 7) is 6.83. The number of carbonyl (C=O) groups excluding carboxylic acids is 1. The van der Waals surface area contributed by atoms with Gasteiger partial charge in [0, 0.05) is 23.9 Å². The largest absolute Gasteiger partial charge is 0.394 e. The van der Waals surface area contributed by atoms with Crippen LogP contribution in [0.4, 0.5) is 17.5 Å². The van der Waals surface area contributed by atoms with Gasteiger partial charge < -0.3 is 30.5 Å². The SMILES string of the molecule is CC1(C)NC(=O)c2cnc(Nc3cc(N[C@H](CO)c4ccccc4)c(-c4nc(C56CCN(CC5)CC6)no4)cn3)nc21. The Morgan fingerprint density at radius 3 is 2.52 bits per heavy atom. The highest BCUT2D eigenvalue weighted by Gasteiger charge is 2.44. The van der Waals surface area contributed by atoms with Crippen LogP contribution < -0.4 is 16.0 Å². The number of hydrogen-bond donors (Lipinski definition) is 4. The lowest BCUT2D eigenvalue weighted by Crippen LogP contribution is -2.51. The number of nitrogens with zero attached hydrogens (tertiary/aromatic N) is 6. The second-order valence-electron chi connectivity index (χ2n) is 11.9. The first-order valence-electron chi connectivity index (χ1n) is 14.3. The maximum absolute atomic E-state index is 12.3. The summed E-state index contributed by atoms with van der Waals surface area (Å²) in [5.41, 5.74) is 2.63. The fraction of sp³-hybridized carbons (Fsp3) is 0.400. The molecule has 42 heavy (non-hydrogen) atoms. The summed E-state index contributed by atoms with van der Waals surface area (Å²) in [5.74, 6) is 1.72. The van der Waals surface area contributed by atoms with E-state index in [1.54, 1.807) is 6.20 Å². The first kappa shape index (κ1) is 26.5. The first-order chi connectivity index (χ1) is 20.3. The molecule has 0 aliphatic carbocycles. The van der Waals surface area contributed by atoms with Gasteiger partial charge in [0.05, 0.1) is 40.7 Å². The normalized spacial score (nSPS) is 22.8. The van der Waals surface area contributed by atoms with Crippen LogP contribution in [0, 0.1) is 0 Å². The molecule has 0 radical (unpaired) electrons. The highest BCUT2D eigenvalue weighted by Crippen LogP contribution is 2.42. The molecule has 216 valence electrons. The standard InChI is InChI=1S/C30H33N9O3/c1-29(2)24-20(25(41)37-29)16-32-28(35-24)34-23-14-21(33-22(17-40)18-6-4-3-5-7-18)19(15-31-23)26-36-27(38-42-26)30-8-11-39(12-9-30)13-10-30/h3-7,14-16,22,40H,8-13,17H2,1-2H3,(H,37,41)(H2,31,32,33,34,35)/t22-/m1/s1. The maximum atomic E-state index is 12.3. The van der Waals surface area contributed by atoms with Crippen molar-refractivity contribution in [2.45, 2.75) is 50.1 Å². The van der Waals surface area contributed by atoms with Gasteiger partial charge in [-0.05, 0) is 58.3 Å². The Bertz CT molecular complexity index is 1620. The predicted octanol–water partition coefficient (Wildman–Crippen LogP) is 3.53. The van der Waals surface area contributed by atoms with Gasteiger partial charge in [-0.2, -0.15) is 4.98 Å². The smallest absolute Gasteiger partial charge is 0.261 e. The van der Waals surface area contributed by atoms with Crippen molar-refractivity contribution < 1.29 is 14.4 Å². The predicted molar refractivity (Wildman–Crippen MR) is 155 cm³/mol. The number of anilines is 3. The van der Waals surface area contributed by atoms with Gasteiger partial charge in [0.2, 0.25) is 5.95 Å². The van der Waals surface area contributed by atoms with Gasteiger partial charge in [-0.3, -0.25) is 4.79 Å². The first-order valence-corrected chi connectivity index (χ1v) is 14.3. The molecule has 3 fully saturated rings. The van der Waals surface area contributed by atoms with Crippen LogP contribution in [0.3, 0.4) is 0 Å². The molecule has 3 aromatic heterocycles. The number of amides is 1. The van der Waals surface area contributed by atoms with Gasteiger partial charge >= 0.3 is 0 Å². The summed E-state index contributed by atoms with van der Waals surface area (Å²) >= 11 is 0. The molecule has 4 N–H and O–H groups in total. The van der Waals surface area contributed by atoms with E-state index >= 15 is 0 Å². The molecule has 0 spiro atoms. The van der Waals surface area contributed by atoms with Crippen LogP contribution in [0.1, 0.15) is 66.6 Å². The number of nitrogens with one attached hydrogen (secondary N) is 3. The maximum Gasteiger partial charge on any atom is 0.261 e. The summed E-state index contributed by atoms with van der Waals surface area (Å²) in [4.78, 5) is 33.2. The highest BCUT2D eigenvalue weighted by atomic mass is 16.5. The van der Waals surface area contributed by atoms with Crippen molar-refractivity contribution in [3.63, 3.8) is 0 Å². The molecule has 12 heteroatoms. The summed E-state index contributed by atoms with van der Waals surface area (Å²) in [6.07, 6.45) is 6.27. The summed E-state index contributed by atoms with van der Waals surface area (Å²) in [6, 6.07) is 11.2. The van der Waals surface area contributed by atoms with E-state index in [9.17, 15) is 9.90 Å². The Kier molecular flexibility index (Phi) is 6.39. The molecule has 0 unspecified atom stereocenters. The highest BCUT2D eigenvalue weighted by molar-refractivity contribution is 5.99. The Labute approximate surface area is 243 Å². The lowest BCUT2D eigenvalue weighted by atomic mass is 9.71. The molecule has 1 atom stereocenters. The molecule has 0 saturated carbocycles. The van der Waals surface area contributed by atoms with Crippen LogP contribution in [0.15, 0.2) is 53.3 Å². The van der Waals surface area contributed by atoms with Crippen molar-refractivity contribution >= 4 is 23.4 Å². The minimum absolute atomic E-state index is 0.0500. The van der Waals surface area contributed by atoms with E-state index in [1.807, 2.05) is 50.2 Å². The zero-order valence-corrected chi connectivity index (χ0v) is 23.6. The molecule has 4 aliphatic rings. The number of piperidine rings is 3. The summed E-state index contributed by atoms with van der Waals surface area (Å²) < 4.78 is 5.85. The Balaban J connectivity index is 1.23. The second kappa shape index (κ2) is 10.1. The monoisotopic (exact) mass is 567 g/mol. The second-order valence-corrected chi connectivity index (χ2v) is 11.9. The topological polar surface area (TPSA) is 154 Å². The molecule has 12 nitrogen and oxygen atoms in total. The molecule has 1 aromatic carbocycles. The van der Waals surface area contributed by atoms with Crippen LogP contribution in [-0.4, -0.2) is 67.2 Å². The minimum atomic E-state index is -0.607. The zero-order valence-electron chi connectivity index (χ0n) is 23.6. The van der Waals surface area contributed by atoms with Crippen molar-refractivity contribution in [2.75, 3.05) is 36.9 Å². The Morgan fingerprint density at radius 2 is 1.79 bits per heavy atom. The van der Waals surface area contributed by atoms with E-state index < -0.39 is 11.6 Å². The fourth-order valence-electron chi connectivity index (χ4n) is 6.24. The zero-order chi connectivity index (χ0) is 28.9. The molecule has 7 heterocycles. The van der Waals surface area contributed by atoms with E-state index in [-0.39, 0.29) is 17.9 Å². The van der Waals surface area contributed by atoms with Crippen molar-refractivity contribution in [3.05, 3.63) is 71.4 Å². The van der Waals surface area contributed by atoms with Gasteiger partial charge in [-0.1, -0.05) is 35.5 Å². The van der Waals surface area contributed by atoms with E-state index in [2.05, 4.69) is 41.0 Å². The van der Waals surface area contributed by atoms with Gasteiger partial charge in [0.25, 0.3) is 11.8 Å². The summed E-state index contributed by atoms with van der Waals surface area (Å²) in [5, 5.41) is 24.3. The van der Waals surface area contributed by atoms with Crippen molar-refractivity contribution in [3.8, 4) is 11.5 Å². The molecular weight excluding hydrogens is 534 g/mol. The van der Waals surface area contributed by atoms with E-state index in [1.165, 1.54) is 6.20 Å². The third kappa shape index (κ3) is 4.66. The number of pyridine rings is 1. The molecule has 3 saturated heterocycles. The van der Waals surface area contributed by atoms with Gasteiger partial charge in [0.1, 0.15) is 5.82 Å². The number of fused-ring (bicyclic) bond motifs is 4. The van der Waals surface area contributed by atoms with E-state index in [4.69, 9.17) is 9.51 Å². The van der Waals surface area contributed by atoms with Crippen LogP contribution in [0.5, 0.6) is 0 Å². The number of carbonyl (C=O) groups is 1. The number of aliphatic hydroxyl groups is 1. The van der Waals surface area contributed by atoms with Crippen LogP contribution in [-0.2, 0) is 11.0 Å². The van der Waals surface area contributed by atoms with Crippen molar-refractivity contribution in [1.29, 1.82) is 0 Å². The number of rotatable bonds is 8. The number of hydrogen-bond acceptors (Lipinski definition) is 11. The molecular formula is C30H33N9O3. The average Bonchev–Trinajstić information content (AvgIpc) is 3.60. The van der Waals surface area contributed by atoms with Crippen LogP contribution in [0.25, 0.3) is 11.5 Å². The van der Waals surface area contributed by atoms with Crippen molar-refractivity contribution in [2.24, 2.45) is 0 Å². The Morgan fingerprint density at radius 1 is 1.05 bits per heavy atom. The lowest BCUT2D eigenvalue weighted by molar-refractivity contribution is 0.0747. The molecule has 2 bridgehead atoms. The lowest BCUT2D eigenvalue weighted by Gasteiger charge is -2.46. The third-order valence-corrected chi connectivity index (χ3v) is 8.76. The molecule has 1 amide bonds. The molecule has 8 rings (SSSR count). The van der Waals surface area contributed by atoms with Gasteiger partial charge in [-0.15, -0.1) is 0 Å². The van der Waals surface area contributed by atoms with E-state index in [0.29, 0.717) is 40.2 Å². The number of benzene rings is 1. The van der Waals surface area contributed by atoms with Crippen LogP contribution >= 0.6 is 0 Å². The van der Waals surface area contributed by atoms with E-state index in [0.717, 1.165) is 50.3 Å². The number of aromatic nitrogens is 5. The molecule has 4 aromatic rings. The Hall–Kier alpha value is -4.42. The summed E-state index contributed by atoms with van der Waals surface area (Å²) in [7, 11) is 0. The average molecular weight is 568 g/mol. The quantitative estimate of drug-likeness (QED) is 0.247. The minimum Gasteiger partial charge on any atom is -0.394 e. The van der Waals surface area contributed by atoms with Crippen LogP contribution in [0.2, 0.25) is 0 Å². The van der Waals surface area contributed by atoms with Crippen molar-refractivity contribution in [1.82, 2.24) is 35.3 Å². The van der Waals surface area contributed by atoms with Gasteiger partial charge in [-0.25, -0.2) is 15.0 Å². The fourth-order valence-corrected chi connectivity index (χ4v) is 6.24.